The summed E-state index contributed by atoms with van der Waals surface area (Å²) in [4.78, 5) is 31.8. The van der Waals surface area contributed by atoms with Gasteiger partial charge in [0.25, 0.3) is 5.91 Å². The van der Waals surface area contributed by atoms with Crippen LogP contribution in [0.1, 0.15) is 40.0 Å². The molecule has 10 heteroatoms. The van der Waals surface area contributed by atoms with Gasteiger partial charge in [-0.15, -0.1) is 0 Å². The van der Waals surface area contributed by atoms with Crippen LogP contribution < -0.4 is 4.74 Å². The number of ether oxygens (including phenoxy) is 1. The number of carbonyl (C=O) groups excluding carboxylic acids is 1. The smallest absolute Gasteiger partial charge is 0.407 e. The van der Waals surface area contributed by atoms with Crippen molar-refractivity contribution >= 4 is 21.8 Å². The highest BCUT2D eigenvalue weighted by molar-refractivity contribution is 7.90. The number of pyridine rings is 1. The van der Waals surface area contributed by atoms with Crippen molar-refractivity contribution in [3.05, 3.63) is 18.3 Å². The predicted octanol–water partition coefficient (Wildman–Crippen LogP) is 2.02. The summed E-state index contributed by atoms with van der Waals surface area (Å²) in [6.07, 6.45) is 2.53. The number of hydrogen-bond donors (Lipinski definition) is 1. The first-order chi connectivity index (χ1) is 13.9. The monoisotopic (exact) mass is 439 g/mol. The van der Waals surface area contributed by atoms with Gasteiger partial charge < -0.3 is 19.6 Å². The minimum atomic E-state index is -3.40. The Balaban J connectivity index is 1.67. The zero-order valence-corrected chi connectivity index (χ0v) is 18.6. The molecule has 3 rings (SSSR count). The summed E-state index contributed by atoms with van der Waals surface area (Å²) in [6, 6.07) is 2.66. The molecule has 2 amide bonds. The number of sulfone groups is 1. The molecular weight excluding hydrogens is 410 g/mol. The van der Waals surface area contributed by atoms with Crippen LogP contribution in [-0.4, -0.2) is 77.8 Å². The van der Waals surface area contributed by atoms with Crippen LogP contribution in [-0.2, 0) is 14.6 Å². The molecule has 2 fully saturated rings. The van der Waals surface area contributed by atoms with E-state index >= 15 is 0 Å². The van der Waals surface area contributed by atoms with Gasteiger partial charge in [0, 0.05) is 37.8 Å². The molecule has 0 saturated carbocycles. The quantitative estimate of drug-likeness (QED) is 0.763. The predicted molar refractivity (Wildman–Crippen MR) is 109 cm³/mol. The molecule has 0 aromatic carbocycles. The summed E-state index contributed by atoms with van der Waals surface area (Å²) >= 11 is 0. The highest BCUT2D eigenvalue weighted by atomic mass is 32.2. The number of piperidine rings is 1. The maximum atomic E-state index is 13.0. The lowest BCUT2D eigenvalue weighted by molar-refractivity contribution is -0.136. The van der Waals surface area contributed by atoms with E-state index in [1.54, 1.807) is 4.90 Å². The second-order valence-electron chi connectivity index (χ2n) is 9.07. The van der Waals surface area contributed by atoms with Crippen LogP contribution >= 0.6 is 0 Å². The average molecular weight is 440 g/mol. The van der Waals surface area contributed by atoms with Crippen LogP contribution in [0.15, 0.2) is 23.4 Å². The van der Waals surface area contributed by atoms with E-state index in [2.05, 4.69) is 4.98 Å². The minimum Gasteiger partial charge on any atom is -0.479 e. The number of likely N-dealkylation sites (tertiary alicyclic amines) is 2. The first-order valence-corrected chi connectivity index (χ1v) is 11.9. The number of amides is 2. The van der Waals surface area contributed by atoms with Crippen molar-refractivity contribution in [2.75, 3.05) is 19.3 Å². The SMILES string of the molecule is CC(C)(C)[C@@H]1CC(N2CCC(Oc3ccc(S(C)(=O)=O)nc3)C2=O)CCN1C(=O)O. The molecule has 3 atom stereocenters. The molecule has 2 saturated heterocycles. The van der Waals surface area contributed by atoms with Crippen molar-refractivity contribution in [1.29, 1.82) is 0 Å². The molecule has 0 aliphatic carbocycles. The average Bonchev–Trinajstić information content (AvgIpc) is 3.00. The molecule has 1 aromatic heterocycles. The normalized spacial score (nSPS) is 25.5. The van der Waals surface area contributed by atoms with Crippen molar-refractivity contribution in [3.8, 4) is 5.75 Å². The summed E-state index contributed by atoms with van der Waals surface area (Å²) in [5.74, 6) is 0.222. The summed E-state index contributed by atoms with van der Waals surface area (Å²) in [5.41, 5.74) is -0.233. The Kier molecular flexibility index (Phi) is 5.99. The highest BCUT2D eigenvalue weighted by Gasteiger charge is 2.44. The third-order valence-electron chi connectivity index (χ3n) is 5.82. The lowest BCUT2D eigenvalue weighted by Gasteiger charge is -2.46. The Hall–Kier alpha value is -2.36. The minimum absolute atomic E-state index is 0.0309. The largest absolute Gasteiger partial charge is 0.479 e. The topological polar surface area (TPSA) is 117 Å². The summed E-state index contributed by atoms with van der Waals surface area (Å²) < 4.78 is 28.8. The van der Waals surface area contributed by atoms with Crippen LogP contribution in [0.5, 0.6) is 5.75 Å². The van der Waals surface area contributed by atoms with Crippen LogP contribution in [0.3, 0.4) is 0 Å². The molecule has 0 radical (unpaired) electrons. The summed E-state index contributed by atoms with van der Waals surface area (Å²) in [7, 11) is -3.40. The number of carboxylic acid groups (broad SMARTS) is 1. The zero-order valence-electron chi connectivity index (χ0n) is 17.7. The van der Waals surface area contributed by atoms with E-state index in [0.717, 1.165) is 6.26 Å². The van der Waals surface area contributed by atoms with E-state index in [4.69, 9.17) is 4.74 Å². The maximum Gasteiger partial charge on any atom is 0.407 e. The Morgan fingerprint density at radius 1 is 1.23 bits per heavy atom. The van der Waals surface area contributed by atoms with Crippen molar-refractivity contribution in [3.63, 3.8) is 0 Å². The van der Waals surface area contributed by atoms with E-state index in [9.17, 15) is 23.1 Å². The Labute approximate surface area is 176 Å². The zero-order chi connectivity index (χ0) is 22.3. The lowest BCUT2D eigenvalue weighted by atomic mass is 9.79. The molecule has 1 aromatic rings. The molecule has 30 heavy (non-hydrogen) atoms. The molecule has 166 valence electrons. The van der Waals surface area contributed by atoms with Gasteiger partial charge in [0.15, 0.2) is 21.0 Å². The number of nitrogens with zero attached hydrogens (tertiary/aromatic N) is 3. The van der Waals surface area contributed by atoms with Crippen molar-refractivity contribution < 1.29 is 27.9 Å². The first-order valence-electron chi connectivity index (χ1n) is 10.0. The Bertz CT molecular complexity index is 909. The molecule has 9 nitrogen and oxygen atoms in total. The molecule has 2 unspecified atom stereocenters. The molecular formula is C20H29N3O6S. The highest BCUT2D eigenvalue weighted by Crippen LogP contribution is 2.35. The molecule has 2 aliphatic rings. The standard InChI is InChI=1S/C20H29N3O6S/c1-20(2,3)16-11-13(7-9-23(16)19(25)26)22-10-8-15(18(22)24)29-14-5-6-17(21-12-14)30(4,27)28/h5-6,12-13,15-16H,7-11H2,1-4H3,(H,25,26)/t13?,15?,16-/m0/s1. The molecule has 2 aliphatic heterocycles. The molecule has 0 bridgehead atoms. The van der Waals surface area contributed by atoms with Gasteiger partial charge in [0.2, 0.25) is 0 Å². The van der Waals surface area contributed by atoms with Crippen molar-refractivity contribution in [2.45, 2.75) is 63.2 Å². The van der Waals surface area contributed by atoms with E-state index in [1.807, 2.05) is 20.8 Å². The van der Waals surface area contributed by atoms with E-state index in [0.29, 0.717) is 38.1 Å². The fraction of sp³-hybridized carbons (Fsp3) is 0.650. The Morgan fingerprint density at radius 2 is 1.93 bits per heavy atom. The van der Waals surface area contributed by atoms with Gasteiger partial charge in [-0.2, -0.15) is 0 Å². The van der Waals surface area contributed by atoms with Gasteiger partial charge in [-0.05, 0) is 30.4 Å². The fourth-order valence-electron chi connectivity index (χ4n) is 4.25. The van der Waals surface area contributed by atoms with Crippen LogP contribution in [0.4, 0.5) is 4.79 Å². The lowest BCUT2D eigenvalue weighted by Crippen LogP contribution is -2.56. The Morgan fingerprint density at radius 3 is 2.47 bits per heavy atom. The second-order valence-corrected chi connectivity index (χ2v) is 11.0. The summed E-state index contributed by atoms with van der Waals surface area (Å²) in [5, 5.41) is 9.48. The third-order valence-corrected chi connectivity index (χ3v) is 6.82. The van der Waals surface area contributed by atoms with Crippen LogP contribution in [0.25, 0.3) is 0 Å². The number of carbonyl (C=O) groups is 2. The van der Waals surface area contributed by atoms with E-state index in [1.165, 1.54) is 23.2 Å². The van der Waals surface area contributed by atoms with Crippen LogP contribution in [0, 0.1) is 5.41 Å². The van der Waals surface area contributed by atoms with E-state index < -0.39 is 22.0 Å². The number of aromatic nitrogens is 1. The molecule has 1 N–H and O–H groups in total. The molecule has 0 spiro atoms. The van der Waals surface area contributed by atoms with Gasteiger partial charge in [-0.3, -0.25) is 4.79 Å². The maximum absolute atomic E-state index is 13.0. The van der Waals surface area contributed by atoms with Gasteiger partial charge >= 0.3 is 6.09 Å². The van der Waals surface area contributed by atoms with E-state index in [-0.39, 0.29) is 28.4 Å². The molecule has 3 heterocycles. The van der Waals surface area contributed by atoms with Crippen molar-refractivity contribution in [1.82, 2.24) is 14.8 Å². The number of rotatable bonds is 4. The van der Waals surface area contributed by atoms with Gasteiger partial charge in [-0.25, -0.2) is 18.2 Å². The fourth-order valence-corrected chi connectivity index (χ4v) is 4.81. The second kappa shape index (κ2) is 8.05. The summed E-state index contributed by atoms with van der Waals surface area (Å²) in [6.45, 7) is 6.99. The number of hydrogen-bond acceptors (Lipinski definition) is 6. The van der Waals surface area contributed by atoms with Gasteiger partial charge in [0.05, 0.1) is 6.20 Å². The van der Waals surface area contributed by atoms with Gasteiger partial charge in [0.1, 0.15) is 5.75 Å². The third kappa shape index (κ3) is 4.69. The van der Waals surface area contributed by atoms with Gasteiger partial charge in [-0.1, -0.05) is 20.8 Å². The van der Waals surface area contributed by atoms with Crippen LogP contribution in [0.2, 0.25) is 0 Å². The van der Waals surface area contributed by atoms with Crippen molar-refractivity contribution in [2.24, 2.45) is 5.41 Å². The first kappa shape index (κ1) is 22.3.